The van der Waals surface area contributed by atoms with Crippen LogP contribution >= 0.6 is 24.0 Å². The number of ketones is 1. The summed E-state index contributed by atoms with van der Waals surface area (Å²) in [5.41, 5.74) is 0. The van der Waals surface area contributed by atoms with E-state index in [0.29, 0.717) is 12.2 Å². The van der Waals surface area contributed by atoms with E-state index in [4.69, 9.17) is 12.2 Å². The molecule has 0 amide bonds. The standard InChI is InChI=1S/C12H23NOS2/c1-4-5-6-7-8-11(14)9-10-16-12(15)13(2)3/h4-10H2,1-3H3. The molecule has 0 aliphatic carbocycles. The van der Waals surface area contributed by atoms with Crippen LogP contribution in [0.5, 0.6) is 0 Å². The molecule has 0 atom stereocenters. The molecule has 0 saturated heterocycles. The van der Waals surface area contributed by atoms with Crippen LogP contribution in [-0.2, 0) is 4.79 Å². The molecule has 0 aromatic heterocycles. The van der Waals surface area contributed by atoms with Crippen LogP contribution in [-0.4, -0.2) is 34.9 Å². The lowest BCUT2D eigenvalue weighted by Gasteiger charge is -2.11. The van der Waals surface area contributed by atoms with Gasteiger partial charge in [-0.2, -0.15) is 0 Å². The Labute approximate surface area is 109 Å². The zero-order chi connectivity index (χ0) is 12.4. The Balaban J connectivity index is 3.40. The van der Waals surface area contributed by atoms with Crippen molar-refractivity contribution >= 4 is 34.1 Å². The van der Waals surface area contributed by atoms with Crippen molar-refractivity contribution in [3.63, 3.8) is 0 Å². The zero-order valence-electron chi connectivity index (χ0n) is 10.6. The smallest absolute Gasteiger partial charge is 0.135 e. The maximum absolute atomic E-state index is 11.5. The first-order chi connectivity index (χ1) is 7.57. The number of rotatable bonds is 8. The van der Waals surface area contributed by atoms with Gasteiger partial charge in [-0.3, -0.25) is 4.79 Å². The molecule has 0 heterocycles. The molecule has 0 saturated carbocycles. The van der Waals surface area contributed by atoms with E-state index in [9.17, 15) is 4.79 Å². The third kappa shape index (κ3) is 9.16. The Kier molecular flexibility index (Phi) is 10.0. The highest BCUT2D eigenvalue weighted by Gasteiger charge is 2.04. The van der Waals surface area contributed by atoms with Gasteiger partial charge in [0, 0.05) is 32.7 Å². The molecule has 0 rings (SSSR count). The van der Waals surface area contributed by atoms with Crippen molar-refractivity contribution < 1.29 is 4.79 Å². The second-order valence-corrected chi connectivity index (χ2v) is 5.84. The first kappa shape index (κ1) is 15.9. The van der Waals surface area contributed by atoms with Crippen molar-refractivity contribution in [1.29, 1.82) is 0 Å². The molecule has 16 heavy (non-hydrogen) atoms. The number of hydrogen-bond donors (Lipinski definition) is 0. The number of Topliss-reactive ketones (excluding diaryl/α,β-unsaturated/α-hetero) is 1. The van der Waals surface area contributed by atoms with Gasteiger partial charge in [-0.25, -0.2) is 0 Å². The highest BCUT2D eigenvalue weighted by atomic mass is 32.2. The first-order valence-corrected chi connectivity index (χ1v) is 7.33. The normalized spacial score (nSPS) is 10.2. The maximum Gasteiger partial charge on any atom is 0.135 e. The molecule has 0 aliphatic heterocycles. The van der Waals surface area contributed by atoms with Crippen LogP contribution < -0.4 is 0 Å². The molecule has 0 spiro atoms. The second kappa shape index (κ2) is 10.1. The summed E-state index contributed by atoms with van der Waals surface area (Å²) in [7, 11) is 3.86. The van der Waals surface area contributed by atoms with Gasteiger partial charge in [-0.1, -0.05) is 50.2 Å². The average Bonchev–Trinajstić information content (AvgIpc) is 2.24. The Bertz CT molecular complexity index is 217. The molecule has 0 aromatic carbocycles. The van der Waals surface area contributed by atoms with Gasteiger partial charge >= 0.3 is 0 Å². The Morgan fingerprint density at radius 1 is 1.19 bits per heavy atom. The van der Waals surface area contributed by atoms with Crippen molar-refractivity contribution in [2.75, 3.05) is 19.8 Å². The molecule has 0 N–H and O–H groups in total. The van der Waals surface area contributed by atoms with E-state index in [0.717, 1.165) is 22.9 Å². The first-order valence-electron chi connectivity index (χ1n) is 5.93. The fourth-order valence-electron chi connectivity index (χ4n) is 1.26. The highest BCUT2D eigenvalue weighted by molar-refractivity contribution is 8.22. The fourth-order valence-corrected chi connectivity index (χ4v) is 2.27. The minimum atomic E-state index is 0.380. The van der Waals surface area contributed by atoms with Crippen LogP contribution in [0.25, 0.3) is 0 Å². The number of unbranched alkanes of at least 4 members (excludes halogenated alkanes) is 3. The summed E-state index contributed by atoms with van der Waals surface area (Å²) < 4.78 is 0.860. The fraction of sp³-hybridized carbons (Fsp3) is 0.833. The average molecular weight is 261 g/mol. The summed E-state index contributed by atoms with van der Waals surface area (Å²) in [4.78, 5) is 13.4. The van der Waals surface area contributed by atoms with Crippen LogP contribution in [0, 0.1) is 0 Å². The van der Waals surface area contributed by atoms with E-state index in [-0.39, 0.29) is 0 Å². The number of thiocarbonyl (C=S) groups is 1. The van der Waals surface area contributed by atoms with E-state index in [1.807, 2.05) is 19.0 Å². The second-order valence-electron chi connectivity index (χ2n) is 4.11. The number of carbonyl (C=O) groups excluding carboxylic acids is 1. The topological polar surface area (TPSA) is 20.3 Å². The molecular weight excluding hydrogens is 238 g/mol. The number of nitrogens with zero attached hydrogens (tertiary/aromatic N) is 1. The van der Waals surface area contributed by atoms with Gasteiger partial charge in [0.05, 0.1) is 0 Å². The lowest BCUT2D eigenvalue weighted by atomic mass is 10.1. The van der Waals surface area contributed by atoms with E-state index < -0.39 is 0 Å². The summed E-state index contributed by atoms with van der Waals surface area (Å²) in [5, 5.41) is 0. The van der Waals surface area contributed by atoms with Gasteiger partial charge in [0.1, 0.15) is 10.1 Å². The molecule has 4 heteroatoms. The molecule has 0 bridgehead atoms. The van der Waals surface area contributed by atoms with Crippen LogP contribution in [0.3, 0.4) is 0 Å². The van der Waals surface area contributed by atoms with Gasteiger partial charge in [0.2, 0.25) is 0 Å². The van der Waals surface area contributed by atoms with E-state index in [2.05, 4.69) is 6.92 Å². The predicted octanol–water partition coefficient (Wildman–Crippen LogP) is 3.50. The monoisotopic (exact) mass is 261 g/mol. The van der Waals surface area contributed by atoms with Gasteiger partial charge in [-0.05, 0) is 6.42 Å². The van der Waals surface area contributed by atoms with Crippen molar-refractivity contribution in [1.82, 2.24) is 4.90 Å². The quantitative estimate of drug-likeness (QED) is 0.492. The number of hydrogen-bond acceptors (Lipinski definition) is 3. The summed E-state index contributed by atoms with van der Waals surface area (Å²) in [6.45, 7) is 2.18. The molecule has 0 fully saturated rings. The van der Waals surface area contributed by atoms with Crippen LogP contribution in [0.1, 0.15) is 45.4 Å². The molecule has 0 unspecified atom stereocenters. The maximum atomic E-state index is 11.5. The molecule has 2 nitrogen and oxygen atoms in total. The predicted molar refractivity (Wildman–Crippen MR) is 77.1 cm³/mol. The minimum absolute atomic E-state index is 0.380. The van der Waals surface area contributed by atoms with E-state index in [1.54, 1.807) is 11.8 Å². The number of carbonyl (C=O) groups is 1. The summed E-state index contributed by atoms with van der Waals surface area (Å²) in [5.74, 6) is 1.20. The Hall–Kier alpha value is -0.0900. The third-order valence-electron chi connectivity index (χ3n) is 2.28. The van der Waals surface area contributed by atoms with E-state index >= 15 is 0 Å². The lowest BCUT2D eigenvalue weighted by molar-refractivity contribution is -0.118. The van der Waals surface area contributed by atoms with E-state index in [1.165, 1.54) is 19.3 Å². The van der Waals surface area contributed by atoms with Gasteiger partial charge in [0.25, 0.3) is 0 Å². The summed E-state index contributed by atoms with van der Waals surface area (Å²) in [6.07, 6.45) is 6.11. The van der Waals surface area contributed by atoms with Gasteiger partial charge in [0.15, 0.2) is 0 Å². The minimum Gasteiger partial charge on any atom is -0.364 e. The van der Waals surface area contributed by atoms with Crippen molar-refractivity contribution in [3.05, 3.63) is 0 Å². The SMILES string of the molecule is CCCCCCC(=O)CCSC(=S)N(C)C. The molecule has 0 aromatic rings. The summed E-state index contributed by atoms with van der Waals surface area (Å²) in [6, 6.07) is 0. The Morgan fingerprint density at radius 2 is 1.88 bits per heavy atom. The number of thioether (sulfide) groups is 1. The third-order valence-corrected chi connectivity index (χ3v) is 4.02. The molecule has 0 aliphatic rings. The van der Waals surface area contributed by atoms with Gasteiger partial charge in [-0.15, -0.1) is 0 Å². The van der Waals surface area contributed by atoms with Crippen molar-refractivity contribution in [2.45, 2.75) is 45.4 Å². The summed E-state index contributed by atoms with van der Waals surface area (Å²) >= 11 is 6.72. The van der Waals surface area contributed by atoms with Crippen LogP contribution in [0.15, 0.2) is 0 Å². The zero-order valence-corrected chi connectivity index (χ0v) is 12.3. The van der Waals surface area contributed by atoms with Crippen molar-refractivity contribution in [2.24, 2.45) is 0 Å². The van der Waals surface area contributed by atoms with Crippen LogP contribution in [0.4, 0.5) is 0 Å². The molecule has 94 valence electrons. The van der Waals surface area contributed by atoms with Gasteiger partial charge < -0.3 is 4.90 Å². The van der Waals surface area contributed by atoms with Crippen molar-refractivity contribution in [3.8, 4) is 0 Å². The molecular formula is C12H23NOS2. The highest BCUT2D eigenvalue weighted by Crippen LogP contribution is 2.10. The molecule has 0 radical (unpaired) electrons. The largest absolute Gasteiger partial charge is 0.364 e. The Morgan fingerprint density at radius 3 is 2.44 bits per heavy atom. The lowest BCUT2D eigenvalue weighted by Crippen LogP contribution is -2.16. The van der Waals surface area contributed by atoms with Crippen LogP contribution in [0.2, 0.25) is 0 Å².